The SMILES string of the molecule is CC(C)[C@@H](NC(=O)COc1ccc2c(c1)O/C(=C\c1cccs1)C2=O)C(=O)O. The summed E-state index contributed by atoms with van der Waals surface area (Å²) >= 11 is 1.49. The van der Waals surface area contributed by atoms with Gasteiger partial charge in [0.1, 0.15) is 17.5 Å². The van der Waals surface area contributed by atoms with Crippen molar-refractivity contribution in [2.75, 3.05) is 6.61 Å². The van der Waals surface area contributed by atoms with Crippen LogP contribution in [-0.2, 0) is 9.59 Å². The second-order valence-electron chi connectivity index (χ2n) is 6.53. The van der Waals surface area contributed by atoms with Crippen LogP contribution < -0.4 is 14.8 Å². The first-order valence-corrected chi connectivity index (χ1v) is 9.50. The topological polar surface area (TPSA) is 102 Å². The number of allylic oxidation sites excluding steroid dienone is 1. The smallest absolute Gasteiger partial charge is 0.326 e. The average molecular weight is 401 g/mol. The number of rotatable bonds is 7. The van der Waals surface area contributed by atoms with Crippen LogP contribution >= 0.6 is 11.3 Å². The monoisotopic (exact) mass is 401 g/mol. The molecule has 2 aromatic rings. The number of carbonyl (C=O) groups is 3. The lowest BCUT2D eigenvalue weighted by Crippen LogP contribution is -2.46. The number of carbonyl (C=O) groups excluding carboxylic acids is 2. The van der Waals surface area contributed by atoms with Gasteiger partial charge in [0, 0.05) is 17.0 Å². The maximum Gasteiger partial charge on any atom is 0.326 e. The summed E-state index contributed by atoms with van der Waals surface area (Å²) in [6, 6.07) is 7.46. The van der Waals surface area contributed by atoms with Crippen LogP contribution in [-0.4, -0.2) is 35.4 Å². The van der Waals surface area contributed by atoms with Crippen molar-refractivity contribution in [1.29, 1.82) is 0 Å². The number of fused-ring (bicyclic) bond motifs is 1. The van der Waals surface area contributed by atoms with E-state index in [0.29, 0.717) is 17.1 Å². The van der Waals surface area contributed by atoms with Gasteiger partial charge in [-0.15, -0.1) is 11.3 Å². The molecule has 8 heteroatoms. The summed E-state index contributed by atoms with van der Waals surface area (Å²) in [5, 5.41) is 13.4. The summed E-state index contributed by atoms with van der Waals surface area (Å²) in [5.74, 6) is -1.18. The molecule has 0 saturated carbocycles. The zero-order valence-corrected chi connectivity index (χ0v) is 16.1. The molecule has 28 heavy (non-hydrogen) atoms. The summed E-state index contributed by atoms with van der Waals surface area (Å²) in [7, 11) is 0. The number of hydrogen-bond donors (Lipinski definition) is 2. The molecular formula is C20H19NO6S. The molecule has 0 fully saturated rings. The number of ketones is 1. The number of aliphatic carboxylic acids is 1. The molecular weight excluding hydrogens is 382 g/mol. The van der Waals surface area contributed by atoms with Gasteiger partial charge in [0.15, 0.2) is 12.4 Å². The van der Waals surface area contributed by atoms with Crippen LogP contribution in [0.2, 0.25) is 0 Å². The molecule has 0 radical (unpaired) electrons. The van der Waals surface area contributed by atoms with E-state index < -0.39 is 17.9 Å². The van der Waals surface area contributed by atoms with Crippen LogP contribution in [0.15, 0.2) is 41.5 Å². The van der Waals surface area contributed by atoms with Crippen LogP contribution in [0.1, 0.15) is 29.1 Å². The molecule has 0 saturated heterocycles. The lowest BCUT2D eigenvalue weighted by atomic mass is 10.1. The third-order valence-corrected chi connectivity index (χ3v) is 4.90. The van der Waals surface area contributed by atoms with E-state index in [4.69, 9.17) is 14.6 Å². The van der Waals surface area contributed by atoms with Gasteiger partial charge in [-0.3, -0.25) is 9.59 Å². The predicted octanol–water partition coefficient (Wildman–Crippen LogP) is 2.97. The third-order valence-electron chi connectivity index (χ3n) is 4.08. The highest BCUT2D eigenvalue weighted by atomic mass is 32.1. The molecule has 3 rings (SSSR count). The number of ether oxygens (including phenoxy) is 2. The van der Waals surface area contributed by atoms with Gasteiger partial charge >= 0.3 is 5.97 Å². The lowest BCUT2D eigenvalue weighted by Gasteiger charge is -2.18. The van der Waals surface area contributed by atoms with Crippen molar-refractivity contribution >= 4 is 35.1 Å². The van der Waals surface area contributed by atoms with Crippen molar-refractivity contribution in [3.63, 3.8) is 0 Å². The number of benzene rings is 1. The Morgan fingerprint density at radius 2 is 2.11 bits per heavy atom. The fraction of sp³-hybridized carbons (Fsp3) is 0.250. The lowest BCUT2D eigenvalue weighted by molar-refractivity contribution is -0.143. The molecule has 2 heterocycles. The Kier molecular flexibility index (Phi) is 5.79. The van der Waals surface area contributed by atoms with Crippen LogP contribution in [0, 0.1) is 5.92 Å². The first-order chi connectivity index (χ1) is 13.3. The van der Waals surface area contributed by atoms with E-state index in [1.807, 2.05) is 17.5 Å². The molecule has 0 bridgehead atoms. The first kappa shape index (κ1) is 19.6. The Hall–Kier alpha value is -3.13. The Bertz CT molecular complexity index is 932. The normalized spacial score (nSPS) is 15.2. The second kappa shape index (κ2) is 8.26. The minimum absolute atomic E-state index is 0.214. The summed E-state index contributed by atoms with van der Waals surface area (Å²) in [6.45, 7) is 3.06. The predicted molar refractivity (Wildman–Crippen MR) is 104 cm³/mol. The largest absolute Gasteiger partial charge is 0.484 e. The van der Waals surface area contributed by atoms with Gasteiger partial charge in [-0.05, 0) is 29.5 Å². The number of hydrogen-bond acceptors (Lipinski definition) is 6. The molecule has 1 aliphatic heterocycles. The number of carboxylic acid groups (broad SMARTS) is 1. The Morgan fingerprint density at radius 1 is 1.32 bits per heavy atom. The van der Waals surface area contributed by atoms with Crippen LogP contribution in [0.5, 0.6) is 11.5 Å². The number of nitrogens with one attached hydrogen (secondary N) is 1. The summed E-state index contributed by atoms with van der Waals surface area (Å²) in [5.41, 5.74) is 0.422. The molecule has 0 spiro atoms. The minimum Gasteiger partial charge on any atom is -0.484 e. The van der Waals surface area contributed by atoms with Gasteiger partial charge in [0.25, 0.3) is 5.91 Å². The Morgan fingerprint density at radius 3 is 2.75 bits per heavy atom. The van der Waals surface area contributed by atoms with Crippen LogP contribution in [0.25, 0.3) is 6.08 Å². The average Bonchev–Trinajstić information content (AvgIpc) is 3.26. The van der Waals surface area contributed by atoms with E-state index in [-0.39, 0.29) is 24.1 Å². The van der Waals surface area contributed by atoms with Crippen molar-refractivity contribution < 1.29 is 29.0 Å². The van der Waals surface area contributed by atoms with Gasteiger partial charge in [-0.1, -0.05) is 19.9 Å². The van der Waals surface area contributed by atoms with E-state index >= 15 is 0 Å². The molecule has 2 N–H and O–H groups in total. The molecule has 0 unspecified atom stereocenters. The zero-order chi connectivity index (χ0) is 20.3. The maximum atomic E-state index is 12.4. The number of Topliss-reactive ketones (excluding diaryl/α,β-unsaturated/α-hetero) is 1. The molecule has 1 amide bonds. The van der Waals surface area contributed by atoms with Gasteiger partial charge in [-0.25, -0.2) is 4.79 Å². The standard InChI is InChI=1S/C20H19NO6S/c1-11(2)18(20(24)25)21-17(22)10-26-12-5-6-14-15(8-12)27-16(19(14)23)9-13-4-3-7-28-13/h3-9,11,18H,10H2,1-2H3,(H,21,22)(H,24,25)/b16-9-/t18-/m1/s1. The van der Waals surface area contributed by atoms with E-state index in [0.717, 1.165) is 4.88 Å². The van der Waals surface area contributed by atoms with Gasteiger partial charge < -0.3 is 19.9 Å². The fourth-order valence-electron chi connectivity index (χ4n) is 2.64. The van der Waals surface area contributed by atoms with E-state index in [1.165, 1.54) is 17.4 Å². The zero-order valence-electron chi connectivity index (χ0n) is 15.3. The van der Waals surface area contributed by atoms with E-state index in [9.17, 15) is 14.4 Å². The molecule has 1 aromatic carbocycles. The van der Waals surface area contributed by atoms with E-state index in [2.05, 4.69) is 5.32 Å². The van der Waals surface area contributed by atoms with Crippen molar-refractivity contribution in [3.8, 4) is 11.5 Å². The number of amides is 1. The van der Waals surface area contributed by atoms with Crippen LogP contribution in [0.3, 0.4) is 0 Å². The van der Waals surface area contributed by atoms with Gasteiger partial charge in [0.2, 0.25) is 5.78 Å². The van der Waals surface area contributed by atoms with E-state index in [1.54, 1.807) is 32.1 Å². The molecule has 0 aliphatic carbocycles. The molecule has 1 aromatic heterocycles. The highest BCUT2D eigenvalue weighted by Crippen LogP contribution is 2.35. The molecule has 1 atom stereocenters. The van der Waals surface area contributed by atoms with Crippen molar-refractivity contribution in [2.45, 2.75) is 19.9 Å². The Balaban J connectivity index is 1.64. The highest BCUT2D eigenvalue weighted by Gasteiger charge is 2.28. The quantitative estimate of drug-likeness (QED) is 0.692. The summed E-state index contributed by atoms with van der Waals surface area (Å²) in [4.78, 5) is 36.4. The molecule has 7 nitrogen and oxygen atoms in total. The van der Waals surface area contributed by atoms with Crippen LogP contribution in [0.4, 0.5) is 0 Å². The highest BCUT2D eigenvalue weighted by molar-refractivity contribution is 7.10. The Labute approximate surface area is 165 Å². The summed E-state index contributed by atoms with van der Waals surface area (Å²) in [6.07, 6.45) is 1.68. The third kappa shape index (κ3) is 4.40. The van der Waals surface area contributed by atoms with Crippen molar-refractivity contribution in [3.05, 3.63) is 51.9 Å². The number of thiophene rings is 1. The van der Waals surface area contributed by atoms with Gasteiger partial charge in [0.05, 0.1) is 5.56 Å². The van der Waals surface area contributed by atoms with Gasteiger partial charge in [-0.2, -0.15) is 0 Å². The van der Waals surface area contributed by atoms with Crippen molar-refractivity contribution in [2.24, 2.45) is 5.92 Å². The molecule has 146 valence electrons. The number of carboxylic acids is 1. The minimum atomic E-state index is -1.10. The summed E-state index contributed by atoms with van der Waals surface area (Å²) < 4.78 is 11.0. The fourth-order valence-corrected chi connectivity index (χ4v) is 3.28. The maximum absolute atomic E-state index is 12.4. The molecule has 1 aliphatic rings. The van der Waals surface area contributed by atoms with Crippen molar-refractivity contribution in [1.82, 2.24) is 5.32 Å². The first-order valence-electron chi connectivity index (χ1n) is 8.62. The second-order valence-corrected chi connectivity index (χ2v) is 7.51.